The summed E-state index contributed by atoms with van der Waals surface area (Å²) < 4.78 is 11.1. The van der Waals surface area contributed by atoms with Crippen LogP contribution >= 0.6 is 11.6 Å². The first-order valence-electron chi connectivity index (χ1n) is 7.24. The van der Waals surface area contributed by atoms with Crippen LogP contribution in [0.3, 0.4) is 0 Å². The molecule has 0 unspecified atom stereocenters. The van der Waals surface area contributed by atoms with Crippen LogP contribution in [0.5, 0.6) is 5.75 Å². The molecule has 0 fully saturated rings. The molecule has 0 amide bonds. The number of pyridine rings is 1. The molecule has 0 bridgehead atoms. The van der Waals surface area contributed by atoms with Gasteiger partial charge in [-0.05, 0) is 36.4 Å². The Balaban J connectivity index is 1.78. The minimum atomic E-state index is -1.10. The quantitative estimate of drug-likeness (QED) is 0.726. The summed E-state index contributed by atoms with van der Waals surface area (Å²) in [5.41, 5.74) is 1.77. The third-order valence-corrected chi connectivity index (χ3v) is 3.61. The number of carboxylic acids is 1. The van der Waals surface area contributed by atoms with Crippen molar-refractivity contribution >= 4 is 17.6 Å². The summed E-state index contributed by atoms with van der Waals surface area (Å²) in [5.74, 6) is 0.00248. The van der Waals surface area contributed by atoms with Crippen LogP contribution in [0.15, 0.2) is 59.3 Å². The van der Waals surface area contributed by atoms with Gasteiger partial charge >= 0.3 is 5.97 Å². The second kappa shape index (κ2) is 7.19. The van der Waals surface area contributed by atoms with Crippen molar-refractivity contribution in [2.75, 3.05) is 0 Å². The van der Waals surface area contributed by atoms with Gasteiger partial charge in [-0.2, -0.15) is 0 Å². The van der Waals surface area contributed by atoms with Gasteiger partial charge in [0.05, 0.1) is 0 Å². The number of furan rings is 1. The summed E-state index contributed by atoms with van der Waals surface area (Å²) in [6.07, 6.45) is 3.83. The monoisotopic (exact) mass is 343 g/mol. The van der Waals surface area contributed by atoms with E-state index in [1.54, 1.807) is 36.7 Å². The lowest BCUT2D eigenvalue weighted by Gasteiger charge is -2.11. The number of aromatic nitrogens is 1. The highest BCUT2D eigenvalue weighted by atomic mass is 35.5. The zero-order valence-electron chi connectivity index (χ0n) is 12.6. The number of aromatic carboxylic acids is 1. The first kappa shape index (κ1) is 16.1. The van der Waals surface area contributed by atoms with Crippen molar-refractivity contribution in [2.45, 2.75) is 13.0 Å². The van der Waals surface area contributed by atoms with Crippen molar-refractivity contribution in [1.82, 2.24) is 4.98 Å². The Labute approximate surface area is 143 Å². The number of ether oxygens (including phenoxy) is 1. The van der Waals surface area contributed by atoms with E-state index < -0.39 is 5.97 Å². The van der Waals surface area contributed by atoms with Crippen molar-refractivity contribution < 1.29 is 19.1 Å². The molecule has 0 aliphatic heterocycles. The van der Waals surface area contributed by atoms with E-state index in [2.05, 4.69) is 4.98 Å². The van der Waals surface area contributed by atoms with Crippen LogP contribution in [-0.4, -0.2) is 16.1 Å². The molecule has 6 heteroatoms. The average molecular weight is 344 g/mol. The molecule has 1 N–H and O–H groups in total. The van der Waals surface area contributed by atoms with Gasteiger partial charge in [0, 0.05) is 35.0 Å². The Morgan fingerprint density at radius 2 is 2.12 bits per heavy atom. The predicted molar refractivity (Wildman–Crippen MR) is 88.5 cm³/mol. The fourth-order valence-electron chi connectivity index (χ4n) is 2.25. The summed E-state index contributed by atoms with van der Waals surface area (Å²) in [5, 5.41) is 9.50. The number of hydrogen-bond acceptors (Lipinski definition) is 4. The molecule has 5 nitrogen and oxygen atoms in total. The summed E-state index contributed by atoms with van der Waals surface area (Å²) in [7, 11) is 0. The second-order valence-corrected chi connectivity index (χ2v) is 5.59. The lowest BCUT2D eigenvalue weighted by molar-refractivity contribution is 0.0660. The average Bonchev–Trinajstić information content (AvgIpc) is 3.04. The fraction of sp³-hybridized carbons (Fsp3) is 0.111. The summed E-state index contributed by atoms with van der Waals surface area (Å²) >= 11 is 6.07. The van der Waals surface area contributed by atoms with Crippen molar-refractivity contribution in [3.8, 4) is 5.75 Å². The molecule has 0 aliphatic rings. The maximum absolute atomic E-state index is 10.9. The van der Waals surface area contributed by atoms with E-state index in [0.29, 0.717) is 29.6 Å². The number of halogens is 1. The van der Waals surface area contributed by atoms with Gasteiger partial charge in [0.2, 0.25) is 5.76 Å². The van der Waals surface area contributed by atoms with E-state index >= 15 is 0 Å². The van der Waals surface area contributed by atoms with Crippen molar-refractivity contribution in [3.63, 3.8) is 0 Å². The van der Waals surface area contributed by atoms with Gasteiger partial charge in [-0.3, -0.25) is 4.98 Å². The molecule has 1 aromatic carbocycles. The molecule has 0 saturated carbocycles. The molecule has 0 atom stereocenters. The Hall–Kier alpha value is -2.79. The number of nitrogens with zero attached hydrogens (tertiary/aromatic N) is 1. The van der Waals surface area contributed by atoms with Crippen molar-refractivity contribution in [1.29, 1.82) is 0 Å². The lowest BCUT2D eigenvalue weighted by Crippen LogP contribution is -1.99. The van der Waals surface area contributed by atoms with E-state index in [4.69, 9.17) is 25.9 Å². The SMILES string of the molecule is O=C(O)c1ccc(Cc2cc(Cl)ccc2OCc2cccnc2)o1. The maximum atomic E-state index is 10.9. The third kappa shape index (κ3) is 3.94. The molecule has 2 aromatic heterocycles. The minimum absolute atomic E-state index is 0.0927. The minimum Gasteiger partial charge on any atom is -0.489 e. The summed E-state index contributed by atoms with van der Waals surface area (Å²) in [6, 6.07) is 12.1. The molecule has 0 radical (unpaired) electrons. The Kier molecular flexibility index (Phi) is 4.82. The fourth-order valence-corrected chi connectivity index (χ4v) is 2.44. The Morgan fingerprint density at radius 3 is 2.83 bits per heavy atom. The highest BCUT2D eigenvalue weighted by molar-refractivity contribution is 6.30. The van der Waals surface area contributed by atoms with E-state index in [-0.39, 0.29) is 5.76 Å². The van der Waals surface area contributed by atoms with Crippen molar-refractivity contribution in [2.24, 2.45) is 0 Å². The molecule has 0 aliphatic carbocycles. The number of carbonyl (C=O) groups is 1. The highest BCUT2D eigenvalue weighted by Crippen LogP contribution is 2.27. The van der Waals surface area contributed by atoms with Crippen LogP contribution in [0, 0.1) is 0 Å². The van der Waals surface area contributed by atoms with E-state index in [1.807, 2.05) is 12.1 Å². The number of hydrogen-bond donors (Lipinski definition) is 1. The van der Waals surface area contributed by atoms with Crippen LogP contribution in [0.2, 0.25) is 5.02 Å². The van der Waals surface area contributed by atoms with Gasteiger partial charge in [-0.1, -0.05) is 17.7 Å². The van der Waals surface area contributed by atoms with Gasteiger partial charge in [-0.25, -0.2) is 4.79 Å². The number of benzene rings is 1. The Morgan fingerprint density at radius 1 is 1.25 bits per heavy atom. The molecule has 24 heavy (non-hydrogen) atoms. The second-order valence-electron chi connectivity index (χ2n) is 5.15. The largest absolute Gasteiger partial charge is 0.489 e. The van der Waals surface area contributed by atoms with E-state index in [9.17, 15) is 4.79 Å². The van der Waals surface area contributed by atoms with Crippen LogP contribution in [0.4, 0.5) is 0 Å². The molecule has 0 spiro atoms. The first-order valence-corrected chi connectivity index (χ1v) is 7.62. The Bertz CT molecular complexity index is 845. The molecule has 0 saturated heterocycles. The molecule has 3 aromatic rings. The zero-order valence-corrected chi connectivity index (χ0v) is 13.4. The first-order chi connectivity index (χ1) is 11.6. The standard InChI is InChI=1S/C18H14ClNO4/c19-14-3-5-16(23-11-12-2-1-7-20-10-12)13(8-14)9-15-4-6-17(24-15)18(21)22/h1-8,10H,9,11H2,(H,21,22). The molecular weight excluding hydrogens is 330 g/mol. The lowest BCUT2D eigenvalue weighted by atomic mass is 10.1. The van der Waals surface area contributed by atoms with Gasteiger partial charge in [0.25, 0.3) is 0 Å². The van der Waals surface area contributed by atoms with Gasteiger partial charge in [0.1, 0.15) is 18.1 Å². The van der Waals surface area contributed by atoms with Crippen molar-refractivity contribution in [3.05, 3.63) is 82.5 Å². The van der Waals surface area contributed by atoms with E-state index in [0.717, 1.165) is 11.1 Å². The van der Waals surface area contributed by atoms with Gasteiger partial charge < -0.3 is 14.3 Å². The topological polar surface area (TPSA) is 72.6 Å². The van der Waals surface area contributed by atoms with Crippen LogP contribution in [0.25, 0.3) is 0 Å². The maximum Gasteiger partial charge on any atom is 0.371 e. The highest BCUT2D eigenvalue weighted by Gasteiger charge is 2.12. The molecule has 2 heterocycles. The third-order valence-electron chi connectivity index (χ3n) is 3.38. The summed E-state index contributed by atoms with van der Waals surface area (Å²) in [6.45, 7) is 0.376. The predicted octanol–water partition coefficient (Wildman–Crippen LogP) is 4.20. The summed E-state index contributed by atoms with van der Waals surface area (Å²) in [4.78, 5) is 15.0. The van der Waals surface area contributed by atoms with Crippen LogP contribution < -0.4 is 4.74 Å². The number of rotatable bonds is 6. The number of carboxylic acid groups (broad SMARTS) is 1. The van der Waals surface area contributed by atoms with Crippen LogP contribution in [0.1, 0.15) is 27.4 Å². The molecule has 122 valence electrons. The molecular formula is C18H14ClNO4. The normalized spacial score (nSPS) is 10.5. The van der Waals surface area contributed by atoms with E-state index in [1.165, 1.54) is 6.07 Å². The molecule has 3 rings (SSSR count). The van der Waals surface area contributed by atoms with Crippen LogP contribution in [-0.2, 0) is 13.0 Å². The smallest absolute Gasteiger partial charge is 0.371 e. The zero-order chi connectivity index (χ0) is 16.9. The van der Waals surface area contributed by atoms with Gasteiger partial charge in [-0.15, -0.1) is 0 Å². The van der Waals surface area contributed by atoms with Gasteiger partial charge in [0.15, 0.2) is 0 Å².